The lowest BCUT2D eigenvalue weighted by molar-refractivity contribution is -0.125. The standard InChI is InChI=1S/C88H166N2O4/c1-7-9-11-13-35-45-59-77-71-79(61-47-39-41-50-66-84(92)74-82-64-54-53-63-81(82)73-83(91)65-49-37-31-27-23-19-15-17-21-25-29-33-43-57-75(3)4)80(72-78(77)60-46-36-14-12-10-8-2)62-48-40-42-52-70-88(94)90-86-68-56-55-67-85(86)89-87(93)69-51-38-32-28-24-20-16-18-22-26-30-34-44-58-76(5)6/h75-82,85-86H,7-74H2,1-6H3,(H,89,93)(H,90,94)/t77?,78?,79?,80?,81-,82-,85-,86-/m0/s1. The summed E-state index contributed by atoms with van der Waals surface area (Å²) in [5.74, 6) is 7.34. The summed E-state index contributed by atoms with van der Waals surface area (Å²) < 4.78 is 0. The number of nitrogens with one attached hydrogen (secondary N) is 2. The monoisotopic (exact) mass is 1320 g/mol. The van der Waals surface area contributed by atoms with Crippen LogP contribution in [-0.2, 0) is 19.2 Å². The molecule has 8 atom stereocenters. The lowest BCUT2D eigenvalue weighted by Gasteiger charge is -2.42. The molecular formula is C88H166N2O4. The van der Waals surface area contributed by atoms with Crippen LogP contribution in [0.2, 0.25) is 0 Å². The van der Waals surface area contributed by atoms with Crippen molar-refractivity contribution in [2.24, 2.45) is 47.3 Å². The summed E-state index contributed by atoms with van der Waals surface area (Å²) in [5, 5.41) is 6.79. The second-order valence-electron chi connectivity index (χ2n) is 33.5. The maximum Gasteiger partial charge on any atom is 0.220 e. The van der Waals surface area contributed by atoms with E-state index in [1.54, 1.807) is 0 Å². The second-order valence-corrected chi connectivity index (χ2v) is 33.5. The zero-order valence-electron chi connectivity index (χ0n) is 64.5. The summed E-state index contributed by atoms with van der Waals surface area (Å²) in [6, 6.07) is 0.145. The maximum atomic E-state index is 13.6. The van der Waals surface area contributed by atoms with Crippen LogP contribution in [0.5, 0.6) is 0 Å². The molecule has 0 spiro atoms. The molecule has 3 aliphatic carbocycles. The first-order valence-electron chi connectivity index (χ1n) is 43.6. The highest BCUT2D eigenvalue weighted by molar-refractivity contribution is 5.80. The smallest absolute Gasteiger partial charge is 0.220 e. The van der Waals surface area contributed by atoms with Crippen LogP contribution in [0.1, 0.15) is 478 Å². The second kappa shape index (κ2) is 61.2. The summed E-state index contributed by atoms with van der Waals surface area (Å²) in [6.45, 7) is 14.0. The molecule has 552 valence electrons. The summed E-state index contributed by atoms with van der Waals surface area (Å²) in [6.07, 6.45) is 85.3. The van der Waals surface area contributed by atoms with Gasteiger partial charge in [0.05, 0.1) is 0 Å². The largest absolute Gasteiger partial charge is 0.351 e. The van der Waals surface area contributed by atoms with Gasteiger partial charge < -0.3 is 10.6 Å². The van der Waals surface area contributed by atoms with Crippen molar-refractivity contribution in [2.75, 3.05) is 0 Å². The molecule has 3 fully saturated rings. The molecule has 94 heavy (non-hydrogen) atoms. The fraction of sp³-hybridized carbons (Fsp3) is 0.955. The van der Waals surface area contributed by atoms with Gasteiger partial charge in [0, 0.05) is 50.6 Å². The number of carbonyl (C=O) groups is 4. The average Bonchev–Trinajstić information content (AvgIpc) is 0.903. The third-order valence-corrected chi connectivity index (χ3v) is 23.8. The first-order chi connectivity index (χ1) is 46.0. The van der Waals surface area contributed by atoms with Gasteiger partial charge in [0.2, 0.25) is 11.8 Å². The quantitative estimate of drug-likeness (QED) is 0.0594. The Morgan fingerprint density at radius 1 is 0.277 bits per heavy atom. The number of unbranched alkanes of at least 4 members (excludes halogenated alkanes) is 40. The molecule has 0 bridgehead atoms. The molecule has 0 aromatic carbocycles. The number of ketones is 2. The van der Waals surface area contributed by atoms with E-state index in [-0.39, 0.29) is 23.9 Å². The number of hydrogen-bond acceptors (Lipinski definition) is 4. The van der Waals surface area contributed by atoms with Gasteiger partial charge in [-0.15, -0.1) is 0 Å². The van der Waals surface area contributed by atoms with Crippen LogP contribution >= 0.6 is 0 Å². The van der Waals surface area contributed by atoms with Crippen molar-refractivity contribution < 1.29 is 19.2 Å². The van der Waals surface area contributed by atoms with Crippen molar-refractivity contribution in [2.45, 2.75) is 490 Å². The van der Waals surface area contributed by atoms with Gasteiger partial charge >= 0.3 is 0 Å². The molecule has 2 N–H and O–H groups in total. The summed E-state index contributed by atoms with van der Waals surface area (Å²) in [4.78, 5) is 53.4. The topological polar surface area (TPSA) is 92.3 Å². The molecule has 4 unspecified atom stereocenters. The highest BCUT2D eigenvalue weighted by atomic mass is 16.2. The first kappa shape index (κ1) is 86.5. The molecular weight excluding hydrogens is 1150 g/mol. The van der Waals surface area contributed by atoms with Gasteiger partial charge in [-0.05, 0) is 112 Å². The van der Waals surface area contributed by atoms with E-state index in [9.17, 15) is 19.2 Å². The summed E-state index contributed by atoms with van der Waals surface area (Å²) in [5.41, 5.74) is 0. The lowest BCUT2D eigenvalue weighted by Crippen LogP contribution is -2.53. The normalized spacial score (nSPS) is 20.9. The Morgan fingerprint density at radius 2 is 0.511 bits per heavy atom. The van der Waals surface area contributed by atoms with Gasteiger partial charge in [0.1, 0.15) is 11.6 Å². The molecule has 6 nitrogen and oxygen atoms in total. The van der Waals surface area contributed by atoms with Gasteiger partial charge in [0.25, 0.3) is 0 Å². The molecule has 0 saturated heterocycles. The van der Waals surface area contributed by atoms with Crippen molar-refractivity contribution in [1.82, 2.24) is 10.6 Å². The van der Waals surface area contributed by atoms with Crippen molar-refractivity contribution >= 4 is 23.4 Å². The Labute approximate surface area is 587 Å². The summed E-state index contributed by atoms with van der Waals surface area (Å²) in [7, 11) is 0. The van der Waals surface area contributed by atoms with Crippen LogP contribution in [0.25, 0.3) is 0 Å². The molecule has 0 aromatic heterocycles. The molecule has 0 radical (unpaired) electrons. The van der Waals surface area contributed by atoms with Crippen molar-refractivity contribution in [3.63, 3.8) is 0 Å². The Bertz CT molecular complexity index is 1620. The van der Waals surface area contributed by atoms with Crippen LogP contribution in [0.4, 0.5) is 0 Å². The molecule has 2 amide bonds. The van der Waals surface area contributed by atoms with E-state index in [1.807, 2.05) is 0 Å². The fourth-order valence-corrected chi connectivity index (χ4v) is 17.7. The van der Waals surface area contributed by atoms with Gasteiger partial charge in [0.15, 0.2) is 0 Å². The predicted molar refractivity (Wildman–Crippen MR) is 410 cm³/mol. The summed E-state index contributed by atoms with van der Waals surface area (Å²) >= 11 is 0. The van der Waals surface area contributed by atoms with Gasteiger partial charge in [-0.25, -0.2) is 0 Å². The molecule has 3 rings (SSSR count). The van der Waals surface area contributed by atoms with E-state index in [0.717, 1.165) is 132 Å². The third kappa shape index (κ3) is 48.1. The Balaban J connectivity index is 1.37. The number of hydrogen-bond donors (Lipinski definition) is 2. The molecule has 6 heteroatoms. The molecule has 3 aliphatic rings. The van der Waals surface area contributed by atoms with Crippen molar-refractivity contribution in [3.8, 4) is 0 Å². The van der Waals surface area contributed by atoms with Gasteiger partial charge in [-0.2, -0.15) is 0 Å². The maximum absolute atomic E-state index is 13.6. The molecule has 0 aromatic rings. The minimum Gasteiger partial charge on any atom is -0.351 e. The minimum atomic E-state index is 0.0704. The highest BCUT2D eigenvalue weighted by Gasteiger charge is 2.36. The van der Waals surface area contributed by atoms with E-state index in [1.165, 1.54) is 321 Å². The zero-order chi connectivity index (χ0) is 67.6. The van der Waals surface area contributed by atoms with E-state index < -0.39 is 0 Å². The Kier molecular flexibility index (Phi) is 56.3. The van der Waals surface area contributed by atoms with Crippen LogP contribution < -0.4 is 10.6 Å². The number of rotatable bonds is 66. The minimum absolute atomic E-state index is 0.0704. The lowest BCUT2D eigenvalue weighted by atomic mass is 9.63. The van der Waals surface area contributed by atoms with Crippen molar-refractivity contribution in [1.29, 1.82) is 0 Å². The molecule has 0 aliphatic heterocycles. The Morgan fingerprint density at radius 3 is 0.787 bits per heavy atom. The van der Waals surface area contributed by atoms with Crippen LogP contribution in [0.3, 0.4) is 0 Å². The van der Waals surface area contributed by atoms with E-state index in [0.29, 0.717) is 42.7 Å². The third-order valence-electron chi connectivity index (χ3n) is 23.8. The van der Waals surface area contributed by atoms with Gasteiger partial charge in [-0.1, -0.05) is 375 Å². The molecule has 3 saturated carbocycles. The highest BCUT2D eigenvalue weighted by Crippen LogP contribution is 2.47. The van der Waals surface area contributed by atoms with Crippen LogP contribution in [0, 0.1) is 47.3 Å². The van der Waals surface area contributed by atoms with Crippen LogP contribution in [0.15, 0.2) is 0 Å². The fourth-order valence-electron chi connectivity index (χ4n) is 17.7. The van der Waals surface area contributed by atoms with E-state index in [4.69, 9.17) is 0 Å². The number of Topliss-reactive ketones (excluding diaryl/α,β-unsaturated/α-hetero) is 2. The van der Waals surface area contributed by atoms with Crippen molar-refractivity contribution in [3.05, 3.63) is 0 Å². The van der Waals surface area contributed by atoms with E-state index >= 15 is 0 Å². The van der Waals surface area contributed by atoms with Crippen LogP contribution in [-0.4, -0.2) is 35.5 Å². The number of amides is 2. The molecule has 0 heterocycles. The first-order valence-corrected chi connectivity index (χ1v) is 43.6. The predicted octanol–water partition coefficient (Wildman–Crippen LogP) is 27.7. The average molecular weight is 1320 g/mol. The van der Waals surface area contributed by atoms with Gasteiger partial charge in [-0.3, -0.25) is 19.2 Å². The Hall–Kier alpha value is -1.72. The number of carbonyl (C=O) groups excluding carboxylic acids is 4. The SMILES string of the molecule is CCCCCCCCC1CC(CCCCCCC(=O)C[C@@H]2CCCC[C@H]2CC(=O)CCCCCCCCCCCCCCCC(C)C)C(CCCCCCC(=O)N[C@H]2CCCC[C@@H]2NC(=O)CCCCCCCCCCCCCCCC(C)C)CC1CCCCCCCC. The van der Waals surface area contributed by atoms with E-state index in [2.05, 4.69) is 52.2 Å². The zero-order valence-corrected chi connectivity index (χ0v) is 64.5.